The predicted molar refractivity (Wildman–Crippen MR) is 85.1 cm³/mol. The molecule has 1 aliphatic carbocycles. The van der Waals surface area contributed by atoms with Crippen LogP contribution in [0.15, 0.2) is 30.3 Å². The van der Waals surface area contributed by atoms with E-state index < -0.39 is 0 Å². The number of hydrogen-bond acceptors (Lipinski definition) is 2. The molecule has 1 saturated heterocycles. The quantitative estimate of drug-likeness (QED) is 0.897. The first-order valence-corrected chi connectivity index (χ1v) is 8.34. The summed E-state index contributed by atoms with van der Waals surface area (Å²) >= 11 is 0. The first-order valence-electron chi connectivity index (χ1n) is 8.34. The third-order valence-corrected chi connectivity index (χ3v) is 5.01. The summed E-state index contributed by atoms with van der Waals surface area (Å²) in [7, 11) is 0. The highest BCUT2D eigenvalue weighted by molar-refractivity contribution is 5.78. The van der Waals surface area contributed by atoms with Crippen LogP contribution in [-0.4, -0.2) is 24.0 Å². The number of rotatable bonds is 3. The Balaban J connectivity index is 1.53. The van der Waals surface area contributed by atoms with E-state index in [1.807, 2.05) is 30.3 Å². The topological polar surface area (TPSA) is 41.1 Å². The van der Waals surface area contributed by atoms with Gasteiger partial charge in [0.1, 0.15) is 0 Å². The van der Waals surface area contributed by atoms with Crippen LogP contribution in [0.2, 0.25) is 0 Å². The van der Waals surface area contributed by atoms with Crippen molar-refractivity contribution in [2.45, 2.75) is 62.9 Å². The normalized spacial score (nSPS) is 24.7. The second-order valence-electron chi connectivity index (χ2n) is 6.69. The lowest BCUT2D eigenvalue weighted by atomic mass is 9.75. The first kappa shape index (κ1) is 14.6. The van der Waals surface area contributed by atoms with E-state index in [9.17, 15) is 4.79 Å². The molecule has 3 rings (SSSR count). The molecule has 21 heavy (non-hydrogen) atoms. The molecule has 1 aromatic rings. The van der Waals surface area contributed by atoms with Crippen LogP contribution in [0.5, 0.6) is 0 Å². The van der Waals surface area contributed by atoms with Gasteiger partial charge in [-0.05, 0) is 37.8 Å². The number of amides is 1. The first-order chi connectivity index (χ1) is 10.3. The summed E-state index contributed by atoms with van der Waals surface area (Å²) in [5.74, 6) is 0.166. The molecule has 1 heterocycles. The van der Waals surface area contributed by atoms with Gasteiger partial charge in [-0.25, -0.2) is 0 Å². The molecule has 3 heteroatoms. The van der Waals surface area contributed by atoms with Crippen LogP contribution in [0.1, 0.15) is 50.5 Å². The maximum absolute atomic E-state index is 12.2. The van der Waals surface area contributed by atoms with Crippen molar-refractivity contribution in [3.8, 4) is 0 Å². The van der Waals surface area contributed by atoms with Gasteiger partial charge < -0.3 is 10.6 Å². The molecule has 3 nitrogen and oxygen atoms in total. The second kappa shape index (κ2) is 6.61. The average Bonchev–Trinajstić information content (AvgIpc) is 2.49. The molecular weight excluding hydrogens is 260 g/mol. The van der Waals surface area contributed by atoms with E-state index in [0.717, 1.165) is 24.9 Å². The lowest BCUT2D eigenvalue weighted by Gasteiger charge is -2.44. The Morgan fingerprint density at radius 1 is 1.19 bits per heavy atom. The monoisotopic (exact) mass is 286 g/mol. The number of nitrogens with one attached hydrogen (secondary N) is 2. The molecule has 114 valence electrons. The van der Waals surface area contributed by atoms with Crippen LogP contribution in [0.3, 0.4) is 0 Å². The van der Waals surface area contributed by atoms with Gasteiger partial charge in [0.15, 0.2) is 0 Å². The fourth-order valence-electron chi connectivity index (χ4n) is 3.95. The molecule has 1 amide bonds. The van der Waals surface area contributed by atoms with Crippen LogP contribution in [0.25, 0.3) is 0 Å². The van der Waals surface area contributed by atoms with Gasteiger partial charge in [-0.2, -0.15) is 0 Å². The lowest BCUT2D eigenvalue weighted by Crippen LogP contribution is -2.57. The summed E-state index contributed by atoms with van der Waals surface area (Å²) in [6.45, 7) is 1.04. The van der Waals surface area contributed by atoms with Gasteiger partial charge in [0, 0.05) is 11.6 Å². The van der Waals surface area contributed by atoms with Gasteiger partial charge in [-0.15, -0.1) is 0 Å². The van der Waals surface area contributed by atoms with Crippen molar-refractivity contribution in [1.29, 1.82) is 0 Å². The average molecular weight is 286 g/mol. The number of hydrogen-bond donors (Lipinski definition) is 2. The summed E-state index contributed by atoms with van der Waals surface area (Å²) < 4.78 is 0. The van der Waals surface area contributed by atoms with Crippen molar-refractivity contribution in [2.24, 2.45) is 0 Å². The van der Waals surface area contributed by atoms with Gasteiger partial charge in [0.25, 0.3) is 0 Å². The van der Waals surface area contributed by atoms with Crippen molar-refractivity contribution < 1.29 is 4.79 Å². The zero-order valence-corrected chi connectivity index (χ0v) is 12.7. The van der Waals surface area contributed by atoms with Crippen LogP contribution in [0, 0.1) is 0 Å². The molecular formula is C18H26N2O. The van der Waals surface area contributed by atoms with Gasteiger partial charge in [-0.1, -0.05) is 49.6 Å². The minimum Gasteiger partial charge on any atom is -0.353 e. The Hall–Kier alpha value is -1.35. The van der Waals surface area contributed by atoms with E-state index in [4.69, 9.17) is 0 Å². The third-order valence-electron chi connectivity index (χ3n) is 5.01. The molecule has 2 fully saturated rings. The Morgan fingerprint density at radius 3 is 2.71 bits per heavy atom. The predicted octanol–water partition coefficient (Wildman–Crippen LogP) is 2.80. The molecule has 0 radical (unpaired) electrons. The zero-order valence-electron chi connectivity index (χ0n) is 12.7. The van der Waals surface area contributed by atoms with E-state index in [-0.39, 0.29) is 5.91 Å². The van der Waals surface area contributed by atoms with Gasteiger partial charge in [0.05, 0.1) is 6.42 Å². The largest absolute Gasteiger partial charge is 0.353 e. The highest BCUT2D eigenvalue weighted by Gasteiger charge is 2.37. The van der Waals surface area contributed by atoms with E-state index in [1.54, 1.807) is 0 Å². The number of benzene rings is 1. The molecule has 0 aromatic heterocycles. The minimum atomic E-state index is 0.166. The minimum absolute atomic E-state index is 0.166. The van der Waals surface area contributed by atoms with Gasteiger partial charge >= 0.3 is 0 Å². The van der Waals surface area contributed by atoms with E-state index in [2.05, 4.69) is 10.6 Å². The molecule has 1 unspecified atom stereocenters. The van der Waals surface area contributed by atoms with Gasteiger partial charge in [0.2, 0.25) is 5.91 Å². The molecule has 2 aliphatic rings. The van der Waals surface area contributed by atoms with Crippen molar-refractivity contribution in [3.05, 3.63) is 35.9 Å². The fourth-order valence-corrected chi connectivity index (χ4v) is 3.95. The van der Waals surface area contributed by atoms with Crippen LogP contribution in [-0.2, 0) is 11.2 Å². The molecule has 1 atom stereocenters. The summed E-state index contributed by atoms with van der Waals surface area (Å²) in [5, 5.41) is 7.00. The van der Waals surface area contributed by atoms with Crippen LogP contribution >= 0.6 is 0 Å². The highest BCUT2D eigenvalue weighted by atomic mass is 16.1. The highest BCUT2D eigenvalue weighted by Crippen LogP contribution is 2.34. The van der Waals surface area contributed by atoms with Crippen molar-refractivity contribution in [2.75, 3.05) is 6.54 Å². The van der Waals surface area contributed by atoms with Crippen molar-refractivity contribution in [3.63, 3.8) is 0 Å². The Labute approximate surface area is 127 Å². The summed E-state index contributed by atoms with van der Waals surface area (Å²) in [6.07, 6.45) is 9.24. The standard InChI is InChI=1S/C18H26N2O/c21-17(13-15-7-3-1-4-8-15)20-16-9-12-19-18(14-16)10-5-2-6-11-18/h1,3-4,7-8,16,19H,2,5-6,9-14H2,(H,20,21). The second-order valence-corrected chi connectivity index (χ2v) is 6.69. The lowest BCUT2D eigenvalue weighted by molar-refractivity contribution is -0.121. The van der Waals surface area contributed by atoms with E-state index in [1.165, 1.54) is 32.1 Å². The Bertz CT molecular complexity index is 460. The summed E-state index contributed by atoms with van der Waals surface area (Å²) in [6, 6.07) is 10.4. The number of piperidine rings is 1. The smallest absolute Gasteiger partial charge is 0.224 e. The van der Waals surface area contributed by atoms with Gasteiger partial charge in [-0.3, -0.25) is 4.79 Å². The van der Waals surface area contributed by atoms with Crippen LogP contribution in [0.4, 0.5) is 0 Å². The van der Waals surface area contributed by atoms with Crippen LogP contribution < -0.4 is 10.6 Å². The molecule has 1 saturated carbocycles. The molecule has 1 spiro atoms. The Kier molecular flexibility index (Phi) is 4.59. The van der Waals surface area contributed by atoms with E-state index in [0.29, 0.717) is 18.0 Å². The Morgan fingerprint density at radius 2 is 1.95 bits per heavy atom. The SMILES string of the molecule is O=C(Cc1ccccc1)NC1CCNC2(CCCCC2)C1. The van der Waals surface area contributed by atoms with Crippen molar-refractivity contribution >= 4 is 5.91 Å². The molecule has 1 aliphatic heterocycles. The number of carbonyl (C=O) groups is 1. The maximum Gasteiger partial charge on any atom is 0.224 e. The maximum atomic E-state index is 12.2. The molecule has 0 bridgehead atoms. The molecule has 1 aromatic carbocycles. The van der Waals surface area contributed by atoms with Crippen molar-refractivity contribution in [1.82, 2.24) is 10.6 Å². The fraction of sp³-hybridized carbons (Fsp3) is 0.611. The zero-order chi connectivity index (χ0) is 14.5. The summed E-state index contributed by atoms with van der Waals surface area (Å²) in [4.78, 5) is 12.2. The summed E-state index contributed by atoms with van der Waals surface area (Å²) in [5.41, 5.74) is 1.40. The number of carbonyl (C=O) groups excluding carboxylic acids is 1. The molecule has 2 N–H and O–H groups in total. The van der Waals surface area contributed by atoms with E-state index >= 15 is 0 Å². The third kappa shape index (κ3) is 3.85.